The zero-order valence-electron chi connectivity index (χ0n) is 10.3. The van der Waals surface area contributed by atoms with E-state index in [0.29, 0.717) is 10.3 Å². The third-order valence-electron chi connectivity index (χ3n) is 2.53. The monoisotopic (exact) mass is 351 g/mol. The van der Waals surface area contributed by atoms with Gasteiger partial charge in [-0.05, 0) is 46.4 Å². The number of nitrogens with one attached hydrogen (secondary N) is 1. The Morgan fingerprint density at radius 2 is 2.20 bits per heavy atom. The fourth-order valence-corrected chi connectivity index (χ4v) is 2.25. The summed E-state index contributed by atoms with van der Waals surface area (Å²) < 4.78 is 0.619. The molecule has 0 spiro atoms. The Balaban J connectivity index is 2.38. The summed E-state index contributed by atoms with van der Waals surface area (Å²) in [5.41, 5.74) is 0.496. The lowest BCUT2D eigenvalue weighted by atomic mass is 10.1. The molecule has 0 aliphatic carbocycles. The zero-order chi connectivity index (χ0) is 14.7. The molecule has 20 heavy (non-hydrogen) atoms. The van der Waals surface area contributed by atoms with Crippen molar-refractivity contribution in [3.63, 3.8) is 0 Å². The van der Waals surface area contributed by atoms with E-state index in [1.165, 1.54) is 17.1 Å². The second-order valence-electron chi connectivity index (χ2n) is 3.91. The second-order valence-corrected chi connectivity index (χ2v) is 5.11. The van der Waals surface area contributed by atoms with Crippen LogP contribution in [0.1, 0.15) is 5.69 Å². The van der Waals surface area contributed by atoms with E-state index in [4.69, 9.17) is 12.2 Å². The molecule has 1 aromatic rings. The Kier molecular flexibility index (Phi) is 4.41. The lowest BCUT2D eigenvalue weighted by molar-refractivity contribution is -0.128. The van der Waals surface area contributed by atoms with Crippen molar-refractivity contribution in [3.8, 4) is 0 Å². The van der Waals surface area contributed by atoms with Gasteiger partial charge in [0.2, 0.25) is 0 Å². The van der Waals surface area contributed by atoms with E-state index in [9.17, 15) is 9.59 Å². The molecule has 102 valence electrons. The lowest BCUT2D eigenvalue weighted by Crippen LogP contribution is -2.53. The molecule has 5 nitrogen and oxygen atoms in total. The smallest absolute Gasteiger partial charge is 0.266 e. The maximum Gasteiger partial charge on any atom is 0.266 e. The summed E-state index contributed by atoms with van der Waals surface area (Å²) in [5.74, 6) is -0.984. The predicted molar refractivity (Wildman–Crippen MR) is 82.6 cm³/mol. The van der Waals surface area contributed by atoms with Gasteiger partial charge in [-0.1, -0.05) is 12.1 Å². The number of hydrogen-bond donors (Lipinski definition) is 1. The molecular formula is C13H10BrN3O2S. The Hall–Kier alpha value is -1.86. The van der Waals surface area contributed by atoms with E-state index in [0.717, 1.165) is 0 Å². The normalized spacial score (nSPS) is 17.4. The van der Waals surface area contributed by atoms with Crippen LogP contribution in [0.25, 0.3) is 6.08 Å². The predicted octanol–water partition coefficient (Wildman–Crippen LogP) is 1.66. The van der Waals surface area contributed by atoms with E-state index in [2.05, 4.69) is 32.8 Å². The highest BCUT2D eigenvalue weighted by Gasteiger charge is 2.32. The van der Waals surface area contributed by atoms with Crippen molar-refractivity contribution in [3.05, 3.63) is 46.7 Å². The molecule has 0 radical (unpaired) electrons. The highest BCUT2D eigenvalue weighted by atomic mass is 79.9. The fourth-order valence-electron chi connectivity index (χ4n) is 1.64. The number of thiocarbonyl (C=S) groups is 1. The Labute approximate surface area is 129 Å². The molecule has 1 aliphatic rings. The number of carbonyl (C=O) groups is 2. The van der Waals surface area contributed by atoms with Gasteiger partial charge in [-0.3, -0.25) is 19.8 Å². The SMILES string of the molecule is C=CCN1C(=O)/C(=C/c2cccc(Br)n2)C(=O)NC1=S. The largest absolute Gasteiger partial charge is 0.298 e. The third kappa shape index (κ3) is 3.00. The number of nitrogens with zero attached hydrogens (tertiary/aromatic N) is 2. The number of pyridine rings is 1. The van der Waals surface area contributed by atoms with E-state index < -0.39 is 11.8 Å². The second kappa shape index (κ2) is 6.06. The van der Waals surface area contributed by atoms with Crippen molar-refractivity contribution in [1.82, 2.24) is 15.2 Å². The maximum absolute atomic E-state index is 12.2. The maximum atomic E-state index is 12.2. The minimum atomic E-state index is -0.526. The molecule has 0 aromatic carbocycles. The summed E-state index contributed by atoms with van der Waals surface area (Å²) in [6.07, 6.45) is 2.97. The van der Waals surface area contributed by atoms with Gasteiger partial charge in [0.15, 0.2) is 5.11 Å². The topological polar surface area (TPSA) is 62.3 Å². The molecule has 0 unspecified atom stereocenters. The van der Waals surface area contributed by atoms with Crippen molar-refractivity contribution in [1.29, 1.82) is 0 Å². The van der Waals surface area contributed by atoms with Crippen LogP contribution in [0.4, 0.5) is 0 Å². The van der Waals surface area contributed by atoms with Crippen molar-refractivity contribution >= 4 is 51.2 Å². The summed E-state index contributed by atoms with van der Waals surface area (Å²) in [6, 6.07) is 5.22. The zero-order valence-corrected chi connectivity index (χ0v) is 12.7. The van der Waals surface area contributed by atoms with Crippen LogP contribution in [0, 0.1) is 0 Å². The van der Waals surface area contributed by atoms with Crippen LogP contribution in [-0.4, -0.2) is 33.4 Å². The average molecular weight is 352 g/mol. The van der Waals surface area contributed by atoms with Gasteiger partial charge in [0.1, 0.15) is 10.2 Å². The number of hydrogen-bond acceptors (Lipinski definition) is 4. The first-order valence-corrected chi connectivity index (χ1v) is 6.85. The Morgan fingerprint density at radius 3 is 2.85 bits per heavy atom. The van der Waals surface area contributed by atoms with Gasteiger partial charge in [-0.15, -0.1) is 6.58 Å². The highest BCUT2D eigenvalue weighted by Crippen LogP contribution is 2.15. The highest BCUT2D eigenvalue weighted by molar-refractivity contribution is 9.10. The quantitative estimate of drug-likeness (QED) is 0.296. The van der Waals surface area contributed by atoms with Gasteiger partial charge in [0, 0.05) is 6.54 Å². The van der Waals surface area contributed by atoms with Crippen LogP contribution >= 0.6 is 28.1 Å². The number of rotatable bonds is 3. The molecule has 2 amide bonds. The van der Waals surface area contributed by atoms with Crippen molar-refractivity contribution in [2.75, 3.05) is 6.54 Å². The van der Waals surface area contributed by atoms with Crippen LogP contribution in [0.5, 0.6) is 0 Å². The molecule has 0 saturated carbocycles. The first-order chi connectivity index (χ1) is 9.52. The van der Waals surface area contributed by atoms with Gasteiger partial charge in [-0.25, -0.2) is 4.98 Å². The summed E-state index contributed by atoms with van der Waals surface area (Å²) in [5, 5.41) is 2.55. The molecule has 0 bridgehead atoms. The van der Waals surface area contributed by atoms with E-state index in [-0.39, 0.29) is 17.2 Å². The number of aromatic nitrogens is 1. The first kappa shape index (κ1) is 14.5. The molecule has 1 fully saturated rings. The van der Waals surface area contributed by atoms with Gasteiger partial charge in [0.05, 0.1) is 5.69 Å². The number of carbonyl (C=O) groups excluding carboxylic acids is 2. The van der Waals surface area contributed by atoms with Crippen LogP contribution < -0.4 is 5.32 Å². The molecular weight excluding hydrogens is 342 g/mol. The van der Waals surface area contributed by atoms with Gasteiger partial charge in [0.25, 0.3) is 11.8 Å². The molecule has 0 atom stereocenters. The lowest BCUT2D eigenvalue weighted by Gasteiger charge is -2.27. The standard InChI is InChI=1S/C13H10BrN3O2S/c1-2-6-17-12(19)9(11(18)16-13(17)20)7-8-4-3-5-10(14)15-8/h2-5,7H,1,6H2,(H,16,18,20)/b9-7+. The van der Waals surface area contributed by atoms with Crippen molar-refractivity contribution in [2.24, 2.45) is 0 Å². The van der Waals surface area contributed by atoms with Gasteiger partial charge in [-0.2, -0.15) is 0 Å². The van der Waals surface area contributed by atoms with Crippen LogP contribution in [0.3, 0.4) is 0 Å². The van der Waals surface area contributed by atoms with Gasteiger partial charge >= 0.3 is 0 Å². The molecule has 1 N–H and O–H groups in total. The van der Waals surface area contributed by atoms with Crippen LogP contribution in [0.2, 0.25) is 0 Å². The fraction of sp³-hybridized carbons (Fsp3) is 0.0769. The summed E-state index contributed by atoms with van der Waals surface area (Å²) >= 11 is 8.19. The minimum absolute atomic E-state index is 0.00829. The molecule has 1 aliphatic heterocycles. The molecule has 1 aromatic heterocycles. The minimum Gasteiger partial charge on any atom is -0.298 e. The molecule has 7 heteroatoms. The summed E-state index contributed by atoms with van der Waals surface area (Å²) in [4.78, 5) is 29.6. The third-order valence-corrected chi connectivity index (χ3v) is 3.29. The van der Waals surface area contributed by atoms with Gasteiger partial charge < -0.3 is 0 Å². The number of halogens is 1. The van der Waals surface area contributed by atoms with Crippen molar-refractivity contribution < 1.29 is 9.59 Å². The van der Waals surface area contributed by atoms with E-state index >= 15 is 0 Å². The Bertz CT molecular complexity index is 642. The molecule has 2 heterocycles. The summed E-state index contributed by atoms with van der Waals surface area (Å²) in [7, 11) is 0. The first-order valence-electron chi connectivity index (χ1n) is 5.65. The number of amides is 2. The summed E-state index contributed by atoms with van der Waals surface area (Å²) in [6.45, 7) is 3.80. The van der Waals surface area contributed by atoms with Crippen LogP contribution in [0.15, 0.2) is 41.0 Å². The van der Waals surface area contributed by atoms with Crippen molar-refractivity contribution in [2.45, 2.75) is 0 Å². The Morgan fingerprint density at radius 1 is 1.45 bits per heavy atom. The average Bonchev–Trinajstić information content (AvgIpc) is 2.39. The van der Waals surface area contributed by atoms with E-state index in [1.54, 1.807) is 18.2 Å². The molecule has 1 saturated heterocycles. The van der Waals surface area contributed by atoms with E-state index in [1.807, 2.05) is 0 Å². The molecule has 2 rings (SSSR count). The van der Waals surface area contributed by atoms with Crippen LogP contribution in [-0.2, 0) is 9.59 Å².